The van der Waals surface area contributed by atoms with Crippen LogP contribution in [0, 0.1) is 0 Å². The van der Waals surface area contributed by atoms with Crippen molar-refractivity contribution in [3.8, 4) is 5.75 Å². The lowest BCUT2D eigenvalue weighted by Gasteiger charge is -2.09. The van der Waals surface area contributed by atoms with Crippen LogP contribution < -0.4 is 10.1 Å². The largest absolute Gasteiger partial charge is 0.486 e. The number of thioether (sulfide) groups is 1. The number of amides is 1. The Morgan fingerprint density at radius 3 is 2.13 bits per heavy atom. The Kier molecular flexibility index (Phi) is 7.74. The lowest BCUT2D eigenvalue weighted by molar-refractivity contribution is -0.113. The van der Waals surface area contributed by atoms with Crippen molar-refractivity contribution in [2.45, 2.75) is 51.3 Å². The van der Waals surface area contributed by atoms with Crippen LogP contribution in [0.3, 0.4) is 0 Å². The van der Waals surface area contributed by atoms with Gasteiger partial charge in [0.15, 0.2) is 11.0 Å². The SMILES string of the molecule is CC(C)c1ccc(NC(=O)CSc2nnc(COc3ccc(C(C)C)cc3)n2C)cc1. The minimum Gasteiger partial charge on any atom is -0.486 e. The molecule has 3 aromatic rings. The molecule has 0 aliphatic rings. The molecule has 0 saturated heterocycles. The van der Waals surface area contributed by atoms with Crippen molar-refractivity contribution in [2.24, 2.45) is 7.05 Å². The second-order valence-electron chi connectivity index (χ2n) is 8.08. The Balaban J connectivity index is 1.49. The Morgan fingerprint density at radius 1 is 0.968 bits per heavy atom. The van der Waals surface area contributed by atoms with Crippen LogP contribution in [0.1, 0.15) is 56.5 Å². The molecule has 1 N–H and O–H groups in total. The fourth-order valence-corrected chi connectivity index (χ4v) is 3.70. The summed E-state index contributed by atoms with van der Waals surface area (Å²) in [6.45, 7) is 8.94. The molecule has 0 saturated carbocycles. The van der Waals surface area contributed by atoms with E-state index in [-0.39, 0.29) is 11.7 Å². The van der Waals surface area contributed by atoms with Gasteiger partial charge in [-0.3, -0.25) is 4.79 Å². The molecule has 3 rings (SSSR count). The van der Waals surface area contributed by atoms with E-state index in [1.54, 1.807) is 0 Å². The molecule has 0 aliphatic carbocycles. The summed E-state index contributed by atoms with van der Waals surface area (Å²) in [7, 11) is 1.88. The zero-order valence-corrected chi connectivity index (χ0v) is 19.6. The smallest absolute Gasteiger partial charge is 0.234 e. The first-order chi connectivity index (χ1) is 14.8. The molecule has 164 valence electrons. The van der Waals surface area contributed by atoms with E-state index in [1.807, 2.05) is 48.0 Å². The Bertz CT molecular complexity index is 995. The van der Waals surface area contributed by atoms with Crippen LogP contribution in [0.5, 0.6) is 5.75 Å². The molecule has 1 heterocycles. The Hall–Kier alpha value is -2.80. The minimum absolute atomic E-state index is 0.0756. The predicted molar refractivity (Wildman–Crippen MR) is 126 cm³/mol. The van der Waals surface area contributed by atoms with E-state index in [2.05, 4.69) is 55.3 Å². The number of aromatic nitrogens is 3. The third-order valence-corrected chi connectivity index (χ3v) is 6.05. The summed E-state index contributed by atoms with van der Waals surface area (Å²) in [6, 6.07) is 16.0. The van der Waals surface area contributed by atoms with Crippen molar-refractivity contribution in [3.05, 3.63) is 65.5 Å². The fourth-order valence-electron chi connectivity index (χ4n) is 2.97. The highest BCUT2D eigenvalue weighted by Crippen LogP contribution is 2.21. The van der Waals surface area contributed by atoms with Crippen molar-refractivity contribution >= 4 is 23.4 Å². The number of hydrogen-bond donors (Lipinski definition) is 1. The van der Waals surface area contributed by atoms with E-state index < -0.39 is 0 Å². The highest BCUT2D eigenvalue weighted by atomic mass is 32.2. The van der Waals surface area contributed by atoms with Crippen LogP contribution in [0.15, 0.2) is 53.7 Å². The van der Waals surface area contributed by atoms with Gasteiger partial charge in [-0.2, -0.15) is 0 Å². The number of rotatable bonds is 9. The van der Waals surface area contributed by atoms with E-state index in [1.165, 1.54) is 22.9 Å². The summed E-state index contributed by atoms with van der Waals surface area (Å²) in [5.74, 6) is 2.64. The summed E-state index contributed by atoms with van der Waals surface area (Å²) in [6.07, 6.45) is 0. The van der Waals surface area contributed by atoms with E-state index >= 15 is 0 Å². The number of carbonyl (C=O) groups is 1. The number of nitrogens with zero attached hydrogens (tertiary/aromatic N) is 3. The van der Waals surface area contributed by atoms with Gasteiger partial charge in [-0.05, 0) is 47.2 Å². The first kappa shape index (κ1) is 22.9. The average molecular weight is 439 g/mol. The third-order valence-electron chi connectivity index (χ3n) is 5.03. The van der Waals surface area contributed by atoms with Gasteiger partial charge in [0.1, 0.15) is 12.4 Å². The van der Waals surface area contributed by atoms with Crippen LogP contribution in [-0.4, -0.2) is 26.4 Å². The van der Waals surface area contributed by atoms with E-state index in [9.17, 15) is 4.79 Å². The number of hydrogen-bond acceptors (Lipinski definition) is 5. The van der Waals surface area contributed by atoms with Crippen LogP contribution in [-0.2, 0) is 18.4 Å². The van der Waals surface area contributed by atoms with Gasteiger partial charge >= 0.3 is 0 Å². The normalized spacial score (nSPS) is 11.2. The molecule has 0 unspecified atom stereocenters. The maximum absolute atomic E-state index is 12.3. The van der Waals surface area contributed by atoms with E-state index in [0.29, 0.717) is 29.4 Å². The summed E-state index contributed by atoms with van der Waals surface area (Å²) >= 11 is 1.35. The molecule has 0 fully saturated rings. The van der Waals surface area contributed by atoms with Crippen LogP contribution in [0.2, 0.25) is 0 Å². The molecule has 0 atom stereocenters. The minimum atomic E-state index is -0.0756. The highest BCUT2D eigenvalue weighted by Gasteiger charge is 2.12. The van der Waals surface area contributed by atoms with Gasteiger partial charge in [-0.25, -0.2) is 0 Å². The van der Waals surface area contributed by atoms with Gasteiger partial charge in [-0.15, -0.1) is 10.2 Å². The summed E-state index contributed by atoms with van der Waals surface area (Å²) in [4.78, 5) is 12.3. The maximum Gasteiger partial charge on any atom is 0.234 e. The van der Waals surface area contributed by atoms with Gasteiger partial charge in [0.25, 0.3) is 0 Å². The molecule has 31 heavy (non-hydrogen) atoms. The van der Waals surface area contributed by atoms with Gasteiger partial charge < -0.3 is 14.6 Å². The second-order valence-corrected chi connectivity index (χ2v) is 9.03. The van der Waals surface area contributed by atoms with Crippen LogP contribution >= 0.6 is 11.8 Å². The second kappa shape index (κ2) is 10.5. The molecule has 1 amide bonds. The summed E-state index contributed by atoms with van der Waals surface area (Å²) in [5.41, 5.74) is 3.32. The number of carbonyl (C=O) groups excluding carboxylic acids is 1. The Morgan fingerprint density at radius 2 is 1.55 bits per heavy atom. The van der Waals surface area contributed by atoms with Crippen molar-refractivity contribution in [3.63, 3.8) is 0 Å². The number of anilines is 1. The van der Waals surface area contributed by atoms with Gasteiger partial charge in [-0.1, -0.05) is 63.7 Å². The van der Waals surface area contributed by atoms with Crippen LogP contribution in [0.4, 0.5) is 5.69 Å². The van der Waals surface area contributed by atoms with Crippen molar-refractivity contribution in [1.82, 2.24) is 14.8 Å². The first-order valence-corrected chi connectivity index (χ1v) is 11.5. The standard InChI is InChI=1S/C24H30N4O2S/c1-16(2)18-6-10-20(11-7-18)25-23(29)15-31-24-27-26-22(28(24)5)14-30-21-12-8-19(9-13-21)17(3)4/h6-13,16-17H,14-15H2,1-5H3,(H,25,29). The number of ether oxygens (including phenoxy) is 1. The molecule has 0 radical (unpaired) electrons. The van der Waals surface area contributed by atoms with Crippen molar-refractivity contribution in [1.29, 1.82) is 0 Å². The molecular weight excluding hydrogens is 408 g/mol. The third kappa shape index (κ3) is 6.34. The van der Waals surface area contributed by atoms with Gasteiger partial charge in [0.2, 0.25) is 5.91 Å². The lowest BCUT2D eigenvalue weighted by Crippen LogP contribution is -2.14. The van der Waals surface area contributed by atoms with E-state index in [0.717, 1.165) is 11.4 Å². The quantitative estimate of drug-likeness (QED) is 0.455. The number of benzene rings is 2. The molecule has 0 spiro atoms. The zero-order valence-electron chi connectivity index (χ0n) is 18.8. The fraction of sp³-hybridized carbons (Fsp3) is 0.375. The topological polar surface area (TPSA) is 69.0 Å². The molecule has 1 aromatic heterocycles. The van der Waals surface area contributed by atoms with Crippen molar-refractivity contribution < 1.29 is 9.53 Å². The monoisotopic (exact) mass is 438 g/mol. The molecule has 0 bridgehead atoms. The Labute approximate surface area is 188 Å². The molecule has 2 aromatic carbocycles. The summed E-state index contributed by atoms with van der Waals surface area (Å²) in [5, 5.41) is 12.0. The first-order valence-electron chi connectivity index (χ1n) is 10.5. The highest BCUT2D eigenvalue weighted by molar-refractivity contribution is 7.99. The number of nitrogens with one attached hydrogen (secondary N) is 1. The lowest BCUT2D eigenvalue weighted by atomic mass is 10.0. The van der Waals surface area contributed by atoms with Crippen LogP contribution in [0.25, 0.3) is 0 Å². The van der Waals surface area contributed by atoms with Crippen molar-refractivity contribution in [2.75, 3.05) is 11.1 Å². The van der Waals surface area contributed by atoms with E-state index in [4.69, 9.17) is 4.74 Å². The van der Waals surface area contributed by atoms with Gasteiger partial charge in [0, 0.05) is 12.7 Å². The molecule has 6 nitrogen and oxygen atoms in total. The predicted octanol–water partition coefficient (Wildman–Crippen LogP) is 5.37. The average Bonchev–Trinajstić information content (AvgIpc) is 3.11. The van der Waals surface area contributed by atoms with Gasteiger partial charge in [0.05, 0.1) is 5.75 Å². The molecular formula is C24H30N4O2S. The molecule has 0 aliphatic heterocycles. The molecule has 7 heteroatoms. The maximum atomic E-state index is 12.3. The zero-order chi connectivity index (χ0) is 22.4. The summed E-state index contributed by atoms with van der Waals surface area (Å²) < 4.78 is 7.70.